The van der Waals surface area contributed by atoms with Crippen molar-refractivity contribution >= 4 is 28.5 Å². The summed E-state index contributed by atoms with van der Waals surface area (Å²) in [5, 5.41) is 2.97. The number of unbranched alkanes of at least 4 members (excludes halogenated alkanes) is 2. The van der Waals surface area contributed by atoms with Gasteiger partial charge in [0.1, 0.15) is 0 Å². The van der Waals surface area contributed by atoms with Crippen LogP contribution in [-0.2, 0) is 11.2 Å². The molecule has 0 saturated heterocycles. The Kier molecular flexibility index (Phi) is 7.24. The third-order valence-electron chi connectivity index (χ3n) is 2.58. The highest BCUT2D eigenvalue weighted by Crippen LogP contribution is 2.04. The van der Waals surface area contributed by atoms with Gasteiger partial charge in [0.2, 0.25) is 5.91 Å². The van der Waals surface area contributed by atoms with Crippen molar-refractivity contribution in [2.24, 2.45) is 0 Å². The molecule has 1 aromatic rings. The number of amides is 1. The van der Waals surface area contributed by atoms with Crippen molar-refractivity contribution in [3.05, 3.63) is 35.4 Å². The first-order valence-corrected chi connectivity index (χ1v) is 7.63. The zero-order valence-electron chi connectivity index (χ0n) is 10.3. The second-order valence-corrected chi connectivity index (χ2v) is 5.34. The highest BCUT2D eigenvalue weighted by Gasteiger charge is 2.02. The van der Waals surface area contributed by atoms with Gasteiger partial charge < -0.3 is 5.32 Å². The summed E-state index contributed by atoms with van der Waals surface area (Å²) in [7, 11) is 0. The predicted molar refractivity (Wildman–Crippen MR) is 80.6 cm³/mol. The molecule has 94 valence electrons. The number of carbonyl (C=O) groups excluding carboxylic acids is 1. The molecule has 0 aromatic heterocycles. The van der Waals surface area contributed by atoms with E-state index >= 15 is 0 Å². The Balaban J connectivity index is 2.21. The van der Waals surface area contributed by atoms with Crippen LogP contribution in [0, 0.1) is 6.92 Å². The maximum absolute atomic E-state index is 11.6. The lowest BCUT2D eigenvalue weighted by atomic mass is 10.1. The third kappa shape index (κ3) is 6.66. The third-order valence-corrected chi connectivity index (χ3v) is 3.34. The second kappa shape index (κ2) is 8.50. The molecule has 0 aliphatic rings. The lowest BCUT2D eigenvalue weighted by Crippen LogP contribution is -2.26. The molecule has 1 N–H and O–H groups in total. The molecule has 1 aromatic carbocycles. The molecule has 0 saturated carbocycles. The van der Waals surface area contributed by atoms with Gasteiger partial charge in [-0.3, -0.25) is 4.79 Å². The van der Waals surface area contributed by atoms with Crippen LogP contribution >= 0.6 is 22.6 Å². The molecule has 0 unspecified atom stereocenters. The van der Waals surface area contributed by atoms with Crippen LogP contribution in [0.4, 0.5) is 0 Å². The van der Waals surface area contributed by atoms with Gasteiger partial charge in [-0.05, 0) is 29.8 Å². The van der Waals surface area contributed by atoms with E-state index in [-0.39, 0.29) is 5.91 Å². The molecule has 0 aliphatic heterocycles. The number of alkyl halides is 1. The lowest BCUT2D eigenvalue weighted by molar-refractivity contribution is -0.120. The van der Waals surface area contributed by atoms with Crippen LogP contribution < -0.4 is 5.32 Å². The molecule has 3 heteroatoms. The van der Waals surface area contributed by atoms with Crippen molar-refractivity contribution in [3.63, 3.8) is 0 Å². The van der Waals surface area contributed by atoms with Gasteiger partial charge in [-0.25, -0.2) is 0 Å². The van der Waals surface area contributed by atoms with E-state index in [9.17, 15) is 4.79 Å². The number of aryl methyl sites for hydroxylation is 1. The number of hydrogen-bond donors (Lipinski definition) is 1. The van der Waals surface area contributed by atoms with Crippen LogP contribution in [0.5, 0.6) is 0 Å². The van der Waals surface area contributed by atoms with E-state index in [4.69, 9.17) is 0 Å². The van der Waals surface area contributed by atoms with E-state index in [1.807, 2.05) is 25.1 Å². The molecule has 0 aliphatic carbocycles. The van der Waals surface area contributed by atoms with Crippen molar-refractivity contribution < 1.29 is 4.79 Å². The summed E-state index contributed by atoms with van der Waals surface area (Å²) in [6.45, 7) is 2.85. The van der Waals surface area contributed by atoms with Gasteiger partial charge in [0.05, 0.1) is 6.42 Å². The first kappa shape index (κ1) is 14.5. The Morgan fingerprint density at radius 1 is 1.29 bits per heavy atom. The van der Waals surface area contributed by atoms with Gasteiger partial charge in [0, 0.05) is 6.54 Å². The molecule has 0 atom stereocenters. The minimum absolute atomic E-state index is 0.130. The fraction of sp³-hybridized carbons (Fsp3) is 0.500. The Hall–Kier alpha value is -0.580. The molecule has 0 heterocycles. The number of hydrogen-bond acceptors (Lipinski definition) is 1. The van der Waals surface area contributed by atoms with E-state index in [1.54, 1.807) is 0 Å². The van der Waals surface area contributed by atoms with E-state index in [2.05, 4.69) is 34.0 Å². The van der Waals surface area contributed by atoms with E-state index in [0.29, 0.717) is 6.42 Å². The summed E-state index contributed by atoms with van der Waals surface area (Å²) >= 11 is 2.38. The Labute approximate surface area is 117 Å². The van der Waals surface area contributed by atoms with Crippen LogP contribution in [0.3, 0.4) is 0 Å². The minimum Gasteiger partial charge on any atom is -0.356 e. The topological polar surface area (TPSA) is 29.1 Å². The summed E-state index contributed by atoms with van der Waals surface area (Å²) < 4.78 is 1.20. The summed E-state index contributed by atoms with van der Waals surface area (Å²) in [4.78, 5) is 11.6. The van der Waals surface area contributed by atoms with E-state index in [1.165, 1.54) is 22.8 Å². The summed E-state index contributed by atoms with van der Waals surface area (Å²) in [5.74, 6) is 0.130. The number of carbonyl (C=O) groups is 1. The Morgan fingerprint density at radius 2 is 2.12 bits per heavy atom. The van der Waals surface area contributed by atoms with Crippen LogP contribution in [-0.4, -0.2) is 16.9 Å². The van der Waals surface area contributed by atoms with Crippen LogP contribution in [0.1, 0.15) is 30.4 Å². The Bertz CT molecular complexity index is 352. The van der Waals surface area contributed by atoms with Crippen LogP contribution in [0.2, 0.25) is 0 Å². The maximum atomic E-state index is 11.6. The highest BCUT2D eigenvalue weighted by atomic mass is 127. The second-order valence-electron chi connectivity index (χ2n) is 4.27. The number of rotatable bonds is 7. The predicted octanol–water partition coefficient (Wildman–Crippen LogP) is 3.26. The van der Waals surface area contributed by atoms with Crippen molar-refractivity contribution in [1.29, 1.82) is 0 Å². The highest BCUT2D eigenvalue weighted by molar-refractivity contribution is 14.1. The first-order valence-electron chi connectivity index (χ1n) is 6.10. The molecule has 17 heavy (non-hydrogen) atoms. The summed E-state index contributed by atoms with van der Waals surface area (Å²) in [6, 6.07) is 8.11. The molecule has 1 rings (SSSR count). The molecule has 0 spiro atoms. The quantitative estimate of drug-likeness (QED) is 0.459. The van der Waals surface area contributed by atoms with Crippen LogP contribution in [0.15, 0.2) is 24.3 Å². The normalized spacial score (nSPS) is 10.2. The summed E-state index contributed by atoms with van der Waals surface area (Å²) in [6.07, 6.45) is 4.03. The SMILES string of the molecule is Cc1cccc(CC(=O)NCCCCCI)c1. The van der Waals surface area contributed by atoms with Gasteiger partial charge >= 0.3 is 0 Å². The standard InChI is InChI=1S/C14H20INO/c1-12-6-5-7-13(10-12)11-14(17)16-9-4-2-3-8-15/h5-7,10H,2-4,8-9,11H2,1H3,(H,16,17). The fourth-order valence-electron chi connectivity index (χ4n) is 1.69. The zero-order valence-corrected chi connectivity index (χ0v) is 12.5. The molecule has 2 nitrogen and oxygen atoms in total. The first-order chi connectivity index (χ1) is 8.22. The smallest absolute Gasteiger partial charge is 0.224 e. The monoisotopic (exact) mass is 345 g/mol. The molecular weight excluding hydrogens is 325 g/mol. The zero-order chi connectivity index (χ0) is 12.5. The number of nitrogens with one attached hydrogen (secondary N) is 1. The van der Waals surface area contributed by atoms with Crippen molar-refractivity contribution in [2.75, 3.05) is 11.0 Å². The van der Waals surface area contributed by atoms with E-state index < -0.39 is 0 Å². The molecule has 0 fully saturated rings. The fourth-order valence-corrected chi connectivity index (χ4v) is 2.23. The maximum Gasteiger partial charge on any atom is 0.224 e. The van der Waals surface area contributed by atoms with Crippen LogP contribution in [0.25, 0.3) is 0 Å². The van der Waals surface area contributed by atoms with E-state index in [0.717, 1.165) is 18.5 Å². The minimum atomic E-state index is 0.130. The Morgan fingerprint density at radius 3 is 2.82 bits per heavy atom. The van der Waals surface area contributed by atoms with Crippen molar-refractivity contribution in [3.8, 4) is 0 Å². The summed E-state index contributed by atoms with van der Waals surface area (Å²) in [5.41, 5.74) is 2.30. The number of benzene rings is 1. The largest absolute Gasteiger partial charge is 0.356 e. The van der Waals surface area contributed by atoms with Gasteiger partial charge in [-0.2, -0.15) is 0 Å². The van der Waals surface area contributed by atoms with Crippen molar-refractivity contribution in [1.82, 2.24) is 5.32 Å². The average Bonchev–Trinajstić information content (AvgIpc) is 2.29. The molecule has 0 radical (unpaired) electrons. The van der Waals surface area contributed by atoms with Gasteiger partial charge in [0.25, 0.3) is 0 Å². The molecular formula is C14H20INO. The lowest BCUT2D eigenvalue weighted by Gasteiger charge is -2.05. The molecule has 0 bridgehead atoms. The average molecular weight is 345 g/mol. The van der Waals surface area contributed by atoms with Gasteiger partial charge in [0.15, 0.2) is 0 Å². The van der Waals surface area contributed by atoms with Crippen molar-refractivity contribution in [2.45, 2.75) is 32.6 Å². The number of halogens is 1. The van der Waals surface area contributed by atoms with Gasteiger partial charge in [-0.15, -0.1) is 0 Å². The van der Waals surface area contributed by atoms with Gasteiger partial charge in [-0.1, -0.05) is 58.8 Å². The molecule has 1 amide bonds.